The molecule has 1 radical (unpaired) electrons. The van der Waals surface area contributed by atoms with Gasteiger partial charge in [-0.2, -0.15) is 0 Å². The summed E-state index contributed by atoms with van der Waals surface area (Å²) in [6, 6.07) is 0. The van der Waals surface area contributed by atoms with E-state index in [0.29, 0.717) is 19.8 Å². The molecule has 0 aliphatic heterocycles. The third-order valence-corrected chi connectivity index (χ3v) is 3.74. The smallest absolute Gasteiger partial charge is 0.287 e. The summed E-state index contributed by atoms with van der Waals surface area (Å²) in [6.45, 7) is 7.49. The fourth-order valence-electron chi connectivity index (χ4n) is 1.07. The zero-order valence-electron chi connectivity index (χ0n) is 12.4. The molecule has 0 atom stereocenters. The van der Waals surface area contributed by atoms with Crippen LogP contribution in [0.4, 0.5) is 0 Å². The molecule has 0 spiro atoms. The molecule has 105 valence electrons. The molecule has 0 aliphatic rings. The molecular weight excluding hydrogens is 278 g/mol. The van der Waals surface area contributed by atoms with E-state index >= 15 is 0 Å². The molecule has 0 saturated carbocycles. The number of rotatable bonds is 12. The zero-order chi connectivity index (χ0) is 13.0. The Morgan fingerprint density at radius 3 is 1.22 bits per heavy atom. The predicted molar refractivity (Wildman–Crippen MR) is 75.9 cm³/mol. The van der Waals surface area contributed by atoms with Gasteiger partial charge in [-0.1, -0.05) is 40.0 Å². The summed E-state index contributed by atoms with van der Waals surface area (Å²) in [6.07, 6.45) is 5.63. The summed E-state index contributed by atoms with van der Waals surface area (Å²) >= 11 is 0. The molecule has 0 aromatic heterocycles. The van der Waals surface area contributed by atoms with Crippen molar-refractivity contribution >= 4 is 59.2 Å². The Morgan fingerprint density at radius 2 is 1.00 bits per heavy atom. The maximum Gasteiger partial charge on any atom is 0.474 e. The third kappa shape index (κ3) is 12.8. The molecule has 0 N–H and O–H groups in total. The molecule has 0 fully saturated rings. The summed E-state index contributed by atoms with van der Waals surface area (Å²) < 4.78 is 28.0. The van der Waals surface area contributed by atoms with Crippen molar-refractivity contribution in [3.63, 3.8) is 0 Å². The van der Waals surface area contributed by atoms with Crippen molar-refractivity contribution < 1.29 is 18.1 Å². The van der Waals surface area contributed by atoms with Gasteiger partial charge >= 0.3 is 7.82 Å². The maximum atomic E-state index is 12.2. The summed E-state index contributed by atoms with van der Waals surface area (Å²) in [7, 11) is -3.31. The third-order valence-electron chi connectivity index (χ3n) is 2.24. The first-order chi connectivity index (χ1) is 8.18. The number of phosphoric ester groups is 1. The van der Waals surface area contributed by atoms with Crippen LogP contribution >= 0.6 is 7.82 Å². The van der Waals surface area contributed by atoms with Crippen LogP contribution in [-0.2, 0) is 18.1 Å². The fourth-order valence-corrected chi connectivity index (χ4v) is 2.36. The van der Waals surface area contributed by atoms with Crippen LogP contribution in [0.2, 0.25) is 0 Å². The van der Waals surface area contributed by atoms with Crippen LogP contribution in [0.1, 0.15) is 59.3 Å². The first-order valence-corrected chi connectivity index (χ1v) is 8.18. The van der Waals surface area contributed by atoms with E-state index in [-0.39, 0.29) is 51.4 Å². The Morgan fingerprint density at radius 1 is 0.722 bits per heavy atom. The molecule has 0 heterocycles. The molecule has 0 aromatic carbocycles. The van der Waals surface area contributed by atoms with Crippen molar-refractivity contribution in [3.8, 4) is 0 Å². The van der Waals surface area contributed by atoms with Gasteiger partial charge in [-0.25, -0.2) is 4.57 Å². The van der Waals surface area contributed by atoms with Crippen LogP contribution in [0.3, 0.4) is 0 Å². The second-order valence-corrected chi connectivity index (χ2v) is 5.68. The summed E-state index contributed by atoms with van der Waals surface area (Å²) in [5.41, 5.74) is 0. The number of hydrogen-bond donors (Lipinski definition) is 0. The van der Waals surface area contributed by atoms with Crippen molar-refractivity contribution in [2.75, 3.05) is 19.8 Å². The molecule has 18 heavy (non-hydrogen) atoms. The van der Waals surface area contributed by atoms with E-state index in [1.807, 2.05) is 0 Å². The molecule has 0 unspecified atom stereocenters. The average molecular weight is 305 g/mol. The van der Waals surface area contributed by atoms with Crippen LogP contribution in [-0.4, -0.2) is 71.2 Å². The minimum Gasteiger partial charge on any atom is -0.287 e. The normalized spacial score (nSPS) is 11.3. The minimum atomic E-state index is -3.31. The fraction of sp³-hybridized carbons (Fsp3) is 1.00. The quantitative estimate of drug-likeness (QED) is 0.308. The Labute approximate surface area is 155 Å². The van der Waals surface area contributed by atoms with Crippen molar-refractivity contribution in [3.05, 3.63) is 0 Å². The first kappa shape index (κ1) is 22.0. The van der Waals surface area contributed by atoms with E-state index < -0.39 is 7.82 Å². The van der Waals surface area contributed by atoms with Gasteiger partial charge in [-0.05, 0) is 19.3 Å². The van der Waals surface area contributed by atoms with Gasteiger partial charge in [0.1, 0.15) is 0 Å². The maximum absolute atomic E-state index is 12.2. The van der Waals surface area contributed by atoms with Gasteiger partial charge in [0, 0.05) is 51.4 Å². The molecule has 4 nitrogen and oxygen atoms in total. The molecule has 0 bridgehead atoms. The van der Waals surface area contributed by atoms with E-state index in [1.54, 1.807) is 0 Å². The molecule has 0 aliphatic carbocycles. The second-order valence-electron chi connectivity index (χ2n) is 4.01. The van der Waals surface area contributed by atoms with E-state index in [4.69, 9.17) is 13.6 Å². The monoisotopic (exact) mass is 305 g/mol. The second kappa shape index (κ2) is 15.1. The molecule has 6 heteroatoms. The van der Waals surface area contributed by atoms with Crippen LogP contribution in [0, 0.1) is 0 Å². The zero-order valence-corrected chi connectivity index (χ0v) is 16.5. The van der Waals surface area contributed by atoms with Crippen molar-refractivity contribution in [1.29, 1.82) is 0 Å². The standard InChI is InChI=1S/C12H27O4P.K/c1-4-7-10-14-17(13,15-11-8-5-2)16-12-9-6-3;/h4-12H2,1-3H3;. The SMILES string of the molecule is CCCCOP(=O)(OCCCC)OCCCC.[K]. The minimum absolute atomic E-state index is 0. The van der Waals surface area contributed by atoms with E-state index in [2.05, 4.69) is 20.8 Å². The van der Waals surface area contributed by atoms with Gasteiger partial charge in [-0.3, -0.25) is 13.6 Å². The van der Waals surface area contributed by atoms with Crippen LogP contribution in [0.25, 0.3) is 0 Å². The molecule has 0 saturated heterocycles. The van der Waals surface area contributed by atoms with E-state index in [9.17, 15) is 4.57 Å². The van der Waals surface area contributed by atoms with Crippen molar-refractivity contribution in [2.45, 2.75) is 59.3 Å². The number of unbranched alkanes of at least 4 members (excludes halogenated alkanes) is 3. The number of hydrogen-bond acceptors (Lipinski definition) is 4. The Hall–Kier alpha value is 1.75. The molecular formula is C12H27KO4P. The van der Waals surface area contributed by atoms with Crippen LogP contribution < -0.4 is 0 Å². The first-order valence-electron chi connectivity index (χ1n) is 6.72. The Kier molecular flexibility index (Phi) is 18.5. The topological polar surface area (TPSA) is 44.8 Å². The van der Waals surface area contributed by atoms with Gasteiger partial charge in [-0.15, -0.1) is 0 Å². The molecule has 0 amide bonds. The largest absolute Gasteiger partial charge is 0.474 e. The molecule has 0 rings (SSSR count). The molecule has 0 aromatic rings. The van der Waals surface area contributed by atoms with Gasteiger partial charge in [0.05, 0.1) is 19.8 Å². The van der Waals surface area contributed by atoms with Crippen molar-refractivity contribution in [2.24, 2.45) is 0 Å². The van der Waals surface area contributed by atoms with Gasteiger partial charge in [0.25, 0.3) is 0 Å². The average Bonchev–Trinajstić information content (AvgIpc) is 2.30. The number of phosphoric acid groups is 1. The summed E-state index contributed by atoms with van der Waals surface area (Å²) in [5, 5.41) is 0. The van der Waals surface area contributed by atoms with Crippen LogP contribution in [0.5, 0.6) is 0 Å². The van der Waals surface area contributed by atoms with Gasteiger partial charge in [0.2, 0.25) is 0 Å². The Balaban J connectivity index is 0. The van der Waals surface area contributed by atoms with E-state index in [1.165, 1.54) is 0 Å². The summed E-state index contributed by atoms with van der Waals surface area (Å²) in [5.74, 6) is 0. The van der Waals surface area contributed by atoms with E-state index in [0.717, 1.165) is 38.5 Å². The van der Waals surface area contributed by atoms with Crippen LogP contribution in [0.15, 0.2) is 0 Å². The Bertz CT molecular complexity index is 181. The summed E-state index contributed by atoms with van der Waals surface area (Å²) in [4.78, 5) is 0. The van der Waals surface area contributed by atoms with Crippen molar-refractivity contribution in [1.82, 2.24) is 0 Å². The van der Waals surface area contributed by atoms with Gasteiger partial charge < -0.3 is 0 Å². The van der Waals surface area contributed by atoms with Gasteiger partial charge in [0.15, 0.2) is 0 Å². The predicted octanol–water partition coefficient (Wildman–Crippen LogP) is 4.16.